The zero-order valence-corrected chi connectivity index (χ0v) is 17.3. The second-order valence-electron chi connectivity index (χ2n) is 7.05. The number of amides is 1. The van der Waals surface area contributed by atoms with Gasteiger partial charge in [-0.05, 0) is 31.0 Å². The normalized spacial score (nSPS) is 15.9. The highest BCUT2D eigenvalue weighted by atomic mass is 16.5. The summed E-state index contributed by atoms with van der Waals surface area (Å²) in [5, 5.41) is 2.94. The van der Waals surface area contributed by atoms with Crippen molar-refractivity contribution in [3.8, 4) is 22.9 Å². The minimum atomic E-state index is -0.130. The Balaban J connectivity index is 1.62. The van der Waals surface area contributed by atoms with Crippen LogP contribution in [0.15, 0.2) is 36.7 Å². The molecule has 1 amide bonds. The number of benzene rings is 2. The first-order valence-electron chi connectivity index (χ1n) is 9.82. The van der Waals surface area contributed by atoms with Crippen molar-refractivity contribution in [1.82, 2.24) is 14.9 Å². The molecule has 0 radical (unpaired) electrons. The van der Waals surface area contributed by atoms with Gasteiger partial charge in [-0.2, -0.15) is 0 Å². The Kier molecular flexibility index (Phi) is 5.76. The van der Waals surface area contributed by atoms with Gasteiger partial charge in [-0.1, -0.05) is 0 Å². The number of carbonyl (C=O) groups is 1. The molecule has 0 spiro atoms. The molecule has 1 N–H and O–H groups in total. The van der Waals surface area contributed by atoms with Crippen LogP contribution in [-0.4, -0.2) is 56.0 Å². The molecule has 0 aliphatic carbocycles. The maximum absolute atomic E-state index is 12.5. The number of hydrogen-bond acceptors (Lipinski definition) is 6. The van der Waals surface area contributed by atoms with Gasteiger partial charge in [-0.25, -0.2) is 4.98 Å². The quantitative estimate of drug-likeness (QED) is 0.644. The molecule has 1 aliphatic rings. The maximum atomic E-state index is 12.5. The number of fused-ring (bicyclic) bond motifs is 1. The summed E-state index contributed by atoms with van der Waals surface area (Å²) in [4.78, 5) is 17.0. The third-order valence-corrected chi connectivity index (χ3v) is 5.25. The summed E-state index contributed by atoms with van der Waals surface area (Å²) in [6.45, 7) is 1.29. The molecule has 1 saturated heterocycles. The lowest BCUT2D eigenvalue weighted by atomic mass is 10.1. The molecule has 0 bridgehead atoms. The Morgan fingerprint density at radius 1 is 1.17 bits per heavy atom. The SMILES string of the molecule is COc1cc(-n2cnc3cc(C(=O)NCC4CCCO4)ccc32)cc(OC)c1OC. The fourth-order valence-electron chi connectivity index (χ4n) is 3.68. The molecule has 1 aromatic heterocycles. The molecule has 30 heavy (non-hydrogen) atoms. The molecule has 1 fully saturated rings. The summed E-state index contributed by atoms with van der Waals surface area (Å²) in [7, 11) is 4.72. The highest BCUT2D eigenvalue weighted by Crippen LogP contribution is 2.39. The zero-order valence-electron chi connectivity index (χ0n) is 17.3. The molecule has 1 unspecified atom stereocenters. The monoisotopic (exact) mass is 411 g/mol. The number of aromatic nitrogens is 2. The summed E-state index contributed by atoms with van der Waals surface area (Å²) in [6, 6.07) is 9.17. The lowest BCUT2D eigenvalue weighted by molar-refractivity contribution is 0.0858. The summed E-state index contributed by atoms with van der Waals surface area (Å²) in [5.41, 5.74) is 2.95. The van der Waals surface area contributed by atoms with Crippen molar-refractivity contribution in [3.05, 3.63) is 42.2 Å². The van der Waals surface area contributed by atoms with Crippen LogP contribution in [0.1, 0.15) is 23.2 Å². The molecule has 4 rings (SSSR count). The van der Waals surface area contributed by atoms with Gasteiger partial charge < -0.3 is 24.3 Å². The van der Waals surface area contributed by atoms with Crippen LogP contribution in [-0.2, 0) is 4.74 Å². The van der Waals surface area contributed by atoms with Gasteiger partial charge in [0.2, 0.25) is 5.75 Å². The van der Waals surface area contributed by atoms with Crippen molar-refractivity contribution in [3.63, 3.8) is 0 Å². The highest BCUT2D eigenvalue weighted by Gasteiger charge is 2.18. The Morgan fingerprint density at radius 3 is 2.57 bits per heavy atom. The minimum absolute atomic E-state index is 0.108. The third-order valence-electron chi connectivity index (χ3n) is 5.25. The van der Waals surface area contributed by atoms with Gasteiger partial charge >= 0.3 is 0 Å². The van der Waals surface area contributed by atoms with Crippen LogP contribution in [0, 0.1) is 0 Å². The van der Waals surface area contributed by atoms with E-state index in [1.165, 1.54) is 0 Å². The summed E-state index contributed by atoms with van der Waals surface area (Å²) in [5.74, 6) is 1.51. The highest BCUT2D eigenvalue weighted by molar-refractivity contribution is 5.97. The number of carbonyl (C=O) groups excluding carboxylic acids is 1. The smallest absolute Gasteiger partial charge is 0.251 e. The second kappa shape index (κ2) is 8.62. The lowest BCUT2D eigenvalue weighted by Crippen LogP contribution is -2.31. The van der Waals surface area contributed by atoms with E-state index in [2.05, 4.69) is 10.3 Å². The van der Waals surface area contributed by atoms with Gasteiger partial charge in [0.25, 0.3) is 5.91 Å². The number of nitrogens with one attached hydrogen (secondary N) is 1. The van der Waals surface area contributed by atoms with E-state index in [9.17, 15) is 4.79 Å². The Labute approximate surface area is 174 Å². The molecule has 3 aromatic rings. The average molecular weight is 411 g/mol. The van der Waals surface area contributed by atoms with Crippen molar-refractivity contribution >= 4 is 16.9 Å². The summed E-state index contributed by atoms with van der Waals surface area (Å²) in [6.07, 6.45) is 3.85. The van der Waals surface area contributed by atoms with Crippen LogP contribution in [0.5, 0.6) is 17.2 Å². The molecule has 158 valence electrons. The van der Waals surface area contributed by atoms with Gasteiger partial charge in [0.15, 0.2) is 11.5 Å². The van der Waals surface area contributed by atoms with E-state index in [-0.39, 0.29) is 12.0 Å². The third kappa shape index (κ3) is 3.78. The van der Waals surface area contributed by atoms with Crippen LogP contribution in [0.4, 0.5) is 0 Å². The number of ether oxygens (including phenoxy) is 4. The van der Waals surface area contributed by atoms with Crippen LogP contribution < -0.4 is 19.5 Å². The number of imidazole rings is 1. The summed E-state index contributed by atoms with van der Waals surface area (Å²) < 4.78 is 23.8. The van der Waals surface area contributed by atoms with Crippen molar-refractivity contribution in [2.24, 2.45) is 0 Å². The maximum Gasteiger partial charge on any atom is 0.251 e. The molecule has 1 atom stereocenters. The molecule has 2 aromatic carbocycles. The first-order valence-corrected chi connectivity index (χ1v) is 9.82. The molecular weight excluding hydrogens is 386 g/mol. The molecule has 0 saturated carbocycles. The van der Waals surface area contributed by atoms with E-state index >= 15 is 0 Å². The fraction of sp³-hybridized carbons (Fsp3) is 0.364. The van der Waals surface area contributed by atoms with Crippen molar-refractivity contribution in [2.75, 3.05) is 34.5 Å². The van der Waals surface area contributed by atoms with Crippen molar-refractivity contribution < 1.29 is 23.7 Å². The van der Waals surface area contributed by atoms with Crippen LogP contribution in [0.3, 0.4) is 0 Å². The number of hydrogen-bond donors (Lipinski definition) is 1. The molecule has 1 aliphatic heterocycles. The standard InChI is InChI=1S/C22H25N3O5/c1-27-19-10-15(11-20(28-2)21(19)29-3)25-13-24-17-9-14(6-7-18(17)25)22(26)23-12-16-5-4-8-30-16/h6-7,9-11,13,16H,4-5,8,12H2,1-3H3,(H,23,26). The predicted octanol–water partition coefficient (Wildman–Crippen LogP) is 2.96. The van der Waals surface area contributed by atoms with E-state index in [1.54, 1.807) is 39.8 Å². The van der Waals surface area contributed by atoms with E-state index in [0.717, 1.165) is 30.7 Å². The number of rotatable bonds is 7. The largest absolute Gasteiger partial charge is 0.493 e. The van der Waals surface area contributed by atoms with Gasteiger partial charge in [0.1, 0.15) is 6.33 Å². The van der Waals surface area contributed by atoms with Crippen LogP contribution in [0.2, 0.25) is 0 Å². The van der Waals surface area contributed by atoms with E-state index in [4.69, 9.17) is 18.9 Å². The second-order valence-corrected chi connectivity index (χ2v) is 7.05. The van der Waals surface area contributed by atoms with E-state index < -0.39 is 0 Å². The van der Waals surface area contributed by atoms with Gasteiger partial charge in [-0.15, -0.1) is 0 Å². The Bertz CT molecular complexity index is 1030. The average Bonchev–Trinajstić information content (AvgIpc) is 3.45. The van der Waals surface area contributed by atoms with Gasteiger partial charge in [0, 0.05) is 30.8 Å². The topological polar surface area (TPSA) is 83.8 Å². The van der Waals surface area contributed by atoms with Crippen LogP contribution >= 0.6 is 0 Å². The zero-order chi connectivity index (χ0) is 21.1. The molecule has 2 heterocycles. The number of methoxy groups -OCH3 is 3. The molecule has 8 nitrogen and oxygen atoms in total. The number of nitrogens with zero attached hydrogens (tertiary/aromatic N) is 2. The molecule has 8 heteroatoms. The van der Waals surface area contributed by atoms with E-state index in [0.29, 0.717) is 34.9 Å². The fourth-order valence-corrected chi connectivity index (χ4v) is 3.68. The summed E-state index contributed by atoms with van der Waals surface area (Å²) >= 11 is 0. The first-order chi connectivity index (χ1) is 14.6. The van der Waals surface area contributed by atoms with Gasteiger partial charge in [-0.3, -0.25) is 9.36 Å². The van der Waals surface area contributed by atoms with Crippen molar-refractivity contribution in [1.29, 1.82) is 0 Å². The Morgan fingerprint density at radius 2 is 1.93 bits per heavy atom. The van der Waals surface area contributed by atoms with Crippen LogP contribution in [0.25, 0.3) is 16.7 Å². The lowest BCUT2D eigenvalue weighted by Gasteiger charge is -2.15. The van der Waals surface area contributed by atoms with Crippen molar-refractivity contribution in [2.45, 2.75) is 18.9 Å². The van der Waals surface area contributed by atoms with Gasteiger partial charge in [0.05, 0.1) is 44.2 Å². The van der Waals surface area contributed by atoms with E-state index in [1.807, 2.05) is 22.8 Å². The Hall–Kier alpha value is -3.26. The minimum Gasteiger partial charge on any atom is -0.493 e. The predicted molar refractivity (Wildman–Crippen MR) is 112 cm³/mol. The molecular formula is C22H25N3O5. The first kappa shape index (κ1) is 20.0.